The van der Waals surface area contributed by atoms with E-state index in [0.717, 1.165) is 16.9 Å². The molecular weight excluding hydrogens is 304 g/mol. The van der Waals surface area contributed by atoms with Crippen molar-refractivity contribution in [3.63, 3.8) is 0 Å². The molecule has 0 atom stereocenters. The molecule has 0 radical (unpaired) electrons. The highest BCUT2D eigenvalue weighted by Crippen LogP contribution is 2.20. The van der Waals surface area contributed by atoms with Crippen LogP contribution in [0.15, 0.2) is 30.5 Å². The van der Waals surface area contributed by atoms with Gasteiger partial charge in [0.1, 0.15) is 0 Å². The first-order chi connectivity index (χ1) is 11.6. The van der Waals surface area contributed by atoms with Crippen LogP contribution in [0.25, 0.3) is 0 Å². The van der Waals surface area contributed by atoms with Crippen molar-refractivity contribution in [3.05, 3.63) is 47.3 Å². The number of benzene rings is 1. The number of aromatic nitrogens is 2. The molecule has 0 saturated carbocycles. The summed E-state index contributed by atoms with van der Waals surface area (Å²) in [6.45, 7) is 1.17. The van der Waals surface area contributed by atoms with Crippen LogP contribution in [0.4, 0.5) is 16.4 Å². The van der Waals surface area contributed by atoms with Gasteiger partial charge in [0, 0.05) is 44.5 Å². The second-order valence-electron chi connectivity index (χ2n) is 5.83. The van der Waals surface area contributed by atoms with E-state index >= 15 is 0 Å². The van der Waals surface area contributed by atoms with Crippen molar-refractivity contribution >= 4 is 17.7 Å². The molecule has 2 amide bonds. The minimum atomic E-state index is -0.00355. The smallest absolute Gasteiger partial charge is 0.319 e. The van der Waals surface area contributed by atoms with Gasteiger partial charge in [-0.2, -0.15) is 5.26 Å². The fourth-order valence-corrected chi connectivity index (χ4v) is 2.62. The van der Waals surface area contributed by atoms with Crippen molar-refractivity contribution in [2.24, 2.45) is 0 Å². The molecule has 0 spiro atoms. The first kappa shape index (κ1) is 15.7. The first-order valence-corrected chi connectivity index (χ1v) is 7.65. The molecule has 7 heteroatoms. The van der Waals surface area contributed by atoms with E-state index in [0.29, 0.717) is 31.0 Å². The van der Waals surface area contributed by atoms with Crippen molar-refractivity contribution in [2.45, 2.75) is 13.0 Å². The molecule has 7 nitrogen and oxygen atoms in total. The highest BCUT2D eigenvalue weighted by molar-refractivity contribution is 5.74. The number of fused-ring (bicyclic) bond motifs is 1. The summed E-state index contributed by atoms with van der Waals surface area (Å²) in [5, 5.41) is 12.1. The Balaban J connectivity index is 1.76. The Morgan fingerprint density at radius 2 is 2.25 bits per heavy atom. The molecule has 3 rings (SSSR count). The number of carbonyl (C=O) groups excluding carboxylic acids is 1. The summed E-state index contributed by atoms with van der Waals surface area (Å²) in [5.74, 6) is 0.497. The van der Waals surface area contributed by atoms with Gasteiger partial charge < -0.3 is 15.1 Å². The van der Waals surface area contributed by atoms with Gasteiger partial charge in [0.25, 0.3) is 0 Å². The predicted molar refractivity (Wildman–Crippen MR) is 89.7 cm³/mol. The maximum absolute atomic E-state index is 12.0. The number of hydrogen-bond donors (Lipinski definition) is 1. The molecule has 1 aromatic carbocycles. The Morgan fingerprint density at radius 1 is 1.42 bits per heavy atom. The molecule has 0 aliphatic carbocycles. The summed E-state index contributed by atoms with van der Waals surface area (Å²) in [6.07, 6.45) is 2.46. The van der Waals surface area contributed by atoms with Crippen LogP contribution in [0.5, 0.6) is 0 Å². The van der Waals surface area contributed by atoms with E-state index in [4.69, 9.17) is 5.26 Å². The van der Waals surface area contributed by atoms with Crippen molar-refractivity contribution in [1.29, 1.82) is 5.26 Å². The highest BCUT2D eigenvalue weighted by Gasteiger charge is 2.23. The van der Waals surface area contributed by atoms with Crippen LogP contribution in [-0.2, 0) is 13.0 Å². The fourth-order valence-electron chi connectivity index (χ4n) is 2.62. The van der Waals surface area contributed by atoms with Gasteiger partial charge in [0.05, 0.1) is 23.9 Å². The van der Waals surface area contributed by atoms with E-state index in [1.165, 1.54) is 0 Å². The lowest BCUT2D eigenvalue weighted by molar-refractivity contribution is 0.165. The zero-order chi connectivity index (χ0) is 17.1. The Morgan fingerprint density at radius 3 is 3.00 bits per heavy atom. The van der Waals surface area contributed by atoms with Crippen LogP contribution in [0.3, 0.4) is 0 Å². The molecule has 1 N–H and O–H groups in total. The fraction of sp³-hybridized carbons (Fsp3) is 0.294. The Labute approximate surface area is 140 Å². The standard InChI is InChI=1S/C17H18N6O/c1-22(2)17(24)23-7-6-15-13(11-23)10-19-16(21-15)20-14-5-3-4-12(8-14)9-18/h3-5,8,10H,6-7,11H2,1-2H3,(H,19,20,21). The van der Waals surface area contributed by atoms with Gasteiger partial charge in [0.15, 0.2) is 0 Å². The number of rotatable bonds is 2. The quantitative estimate of drug-likeness (QED) is 0.915. The van der Waals surface area contributed by atoms with Gasteiger partial charge in [-0.3, -0.25) is 0 Å². The van der Waals surface area contributed by atoms with Crippen LogP contribution in [0.1, 0.15) is 16.8 Å². The second kappa shape index (κ2) is 6.54. The molecule has 1 aromatic heterocycles. The lowest BCUT2D eigenvalue weighted by Crippen LogP contribution is -2.42. The van der Waals surface area contributed by atoms with Gasteiger partial charge in [-0.1, -0.05) is 6.07 Å². The maximum atomic E-state index is 12.0. The van der Waals surface area contributed by atoms with E-state index in [1.807, 2.05) is 12.1 Å². The van der Waals surface area contributed by atoms with Crippen LogP contribution < -0.4 is 5.32 Å². The molecule has 0 fully saturated rings. The number of urea groups is 1. The van der Waals surface area contributed by atoms with E-state index in [2.05, 4.69) is 21.4 Å². The third-order valence-electron chi connectivity index (χ3n) is 3.83. The SMILES string of the molecule is CN(C)C(=O)N1CCc2nc(Nc3cccc(C#N)c3)ncc2C1. The van der Waals surface area contributed by atoms with Crippen molar-refractivity contribution in [3.8, 4) is 6.07 Å². The molecule has 1 aliphatic heterocycles. The molecule has 1 aliphatic rings. The summed E-state index contributed by atoms with van der Waals surface area (Å²) in [5.41, 5.74) is 3.27. The van der Waals surface area contributed by atoms with E-state index in [1.54, 1.807) is 42.2 Å². The van der Waals surface area contributed by atoms with E-state index in [-0.39, 0.29) is 6.03 Å². The maximum Gasteiger partial charge on any atom is 0.319 e. The van der Waals surface area contributed by atoms with Gasteiger partial charge in [-0.15, -0.1) is 0 Å². The van der Waals surface area contributed by atoms with Crippen LogP contribution in [0.2, 0.25) is 0 Å². The summed E-state index contributed by atoms with van der Waals surface area (Å²) in [4.78, 5) is 24.3. The molecule has 24 heavy (non-hydrogen) atoms. The van der Waals surface area contributed by atoms with Gasteiger partial charge in [-0.05, 0) is 18.2 Å². The predicted octanol–water partition coefficient (Wildman–Crippen LogP) is 2.13. The molecule has 122 valence electrons. The van der Waals surface area contributed by atoms with Crippen molar-refractivity contribution in [2.75, 3.05) is 26.0 Å². The summed E-state index contributed by atoms with van der Waals surface area (Å²) < 4.78 is 0. The number of nitriles is 1. The molecule has 0 bridgehead atoms. The second-order valence-corrected chi connectivity index (χ2v) is 5.83. The zero-order valence-corrected chi connectivity index (χ0v) is 13.7. The number of carbonyl (C=O) groups is 1. The Kier molecular flexibility index (Phi) is 4.29. The lowest BCUT2D eigenvalue weighted by atomic mass is 10.1. The lowest BCUT2D eigenvalue weighted by Gasteiger charge is -2.30. The summed E-state index contributed by atoms with van der Waals surface area (Å²) in [7, 11) is 3.49. The van der Waals surface area contributed by atoms with Gasteiger partial charge >= 0.3 is 6.03 Å². The third-order valence-corrected chi connectivity index (χ3v) is 3.83. The highest BCUT2D eigenvalue weighted by atomic mass is 16.2. The molecule has 2 aromatic rings. The van der Waals surface area contributed by atoms with Crippen LogP contribution >= 0.6 is 0 Å². The van der Waals surface area contributed by atoms with Crippen molar-refractivity contribution in [1.82, 2.24) is 19.8 Å². The average molecular weight is 322 g/mol. The summed E-state index contributed by atoms with van der Waals surface area (Å²) >= 11 is 0. The van der Waals surface area contributed by atoms with Crippen LogP contribution in [-0.4, -0.2) is 46.4 Å². The summed E-state index contributed by atoms with van der Waals surface area (Å²) in [6, 6.07) is 9.27. The number of amides is 2. The number of nitrogens with zero attached hydrogens (tertiary/aromatic N) is 5. The zero-order valence-electron chi connectivity index (χ0n) is 13.7. The van der Waals surface area contributed by atoms with E-state index in [9.17, 15) is 4.79 Å². The topological polar surface area (TPSA) is 85.2 Å². The minimum Gasteiger partial charge on any atom is -0.331 e. The minimum absolute atomic E-state index is 0.00355. The number of nitrogens with one attached hydrogen (secondary N) is 1. The normalized spacial score (nSPS) is 13.0. The molecule has 0 saturated heterocycles. The molecule has 2 heterocycles. The van der Waals surface area contributed by atoms with Crippen molar-refractivity contribution < 1.29 is 4.79 Å². The molecule has 0 unspecified atom stereocenters. The number of anilines is 2. The molecular formula is C17H18N6O. The Bertz CT molecular complexity index is 811. The third kappa shape index (κ3) is 3.27. The largest absolute Gasteiger partial charge is 0.331 e. The van der Waals surface area contributed by atoms with Crippen LogP contribution in [0, 0.1) is 11.3 Å². The number of hydrogen-bond acceptors (Lipinski definition) is 5. The van der Waals surface area contributed by atoms with Gasteiger partial charge in [0.2, 0.25) is 5.95 Å². The average Bonchev–Trinajstić information content (AvgIpc) is 2.60. The first-order valence-electron chi connectivity index (χ1n) is 7.65. The Hall–Kier alpha value is -3.14. The van der Waals surface area contributed by atoms with Gasteiger partial charge in [-0.25, -0.2) is 14.8 Å². The monoisotopic (exact) mass is 322 g/mol. The van der Waals surface area contributed by atoms with E-state index < -0.39 is 0 Å².